The van der Waals surface area contributed by atoms with Crippen molar-refractivity contribution in [1.29, 1.82) is 0 Å². The molecular weight excluding hydrogens is 262 g/mol. The molecule has 0 heterocycles. The van der Waals surface area contributed by atoms with E-state index in [-0.39, 0.29) is 12.6 Å². The van der Waals surface area contributed by atoms with Crippen molar-refractivity contribution in [3.63, 3.8) is 0 Å². The first kappa shape index (κ1) is 15.5. The average molecular weight is 285 g/mol. The van der Waals surface area contributed by atoms with Gasteiger partial charge in [0.05, 0.1) is 0 Å². The number of nitrogens with two attached hydrogens (primary N) is 1. The number of rotatable bonds is 6. The lowest BCUT2D eigenvalue weighted by Crippen LogP contribution is -2.32. The highest BCUT2D eigenvalue weighted by atomic mass is 16.5. The van der Waals surface area contributed by atoms with E-state index in [9.17, 15) is 5.11 Å². The average Bonchev–Trinajstić information content (AvgIpc) is 2.53. The van der Waals surface area contributed by atoms with E-state index in [2.05, 4.69) is 0 Å². The zero-order valence-corrected chi connectivity index (χ0v) is 12.6. The van der Waals surface area contributed by atoms with Crippen molar-refractivity contribution in [3.8, 4) is 5.75 Å². The van der Waals surface area contributed by atoms with Crippen LogP contribution in [0.5, 0.6) is 5.75 Å². The summed E-state index contributed by atoms with van der Waals surface area (Å²) in [7, 11) is 0. The van der Waals surface area contributed by atoms with Gasteiger partial charge in [0, 0.05) is 23.6 Å². The van der Waals surface area contributed by atoms with Crippen molar-refractivity contribution in [2.24, 2.45) is 11.1 Å². The lowest BCUT2D eigenvalue weighted by Gasteiger charge is -2.30. The van der Waals surface area contributed by atoms with Crippen LogP contribution >= 0.6 is 0 Å². The van der Waals surface area contributed by atoms with E-state index in [1.807, 2.05) is 68.4 Å². The summed E-state index contributed by atoms with van der Waals surface area (Å²) in [6, 6.07) is 17.5. The fraction of sp³-hybridized carbons (Fsp3) is 0.333. The molecule has 0 fully saturated rings. The van der Waals surface area contributed by atoms with Gasteiger partial charge < -0.3 is 15.6 Å². The second-order valence-electron chi connectivity index (χ2n) is 5.94. The van der Waals surface area contributed by atoms with Crippen molar-refractivity contribution < 1.29 is 9.84 Å². The van der Waals surface area contributed by atoms with Crippen molar-refractivity contribution in [3.05, 3.63) is 65.7 Å². The molecule has 0 aliphatic carbocycles. The van der Waals surface area contributed by atoms with Crippen LogP contribution in [0.2, 0.25) is 0 Å². The van der Waals surface area contributed by atoms with Crippen molar-refractivity contribution >= 4 is 0 Å². The minimum Gasteiger partial charge on any atom is -0.489 e. The molecule has 0 aromatic heterocycles. The highest BCUT2D eigenvalue weighted by molar-refractivity contribution is 5.37. The molecule has 21 heavy (non-hydrogen) atoms. The molecular formula is C18H23NO2. The molecule has 2 rings (SSSR count). The lowest BCUT2D eigenvalue weighted by atomic mass is 9.81. The molecule has 1 atom stereocenters. The minimum absolute atomic E-state index is 0.0290. The molecule has 0 amide bonds. The van der Waals surface area contributed by atoms with Crippen LogP contribution in [0.3, 0.4) is 0 Å². The van der Waals surface area contributed by atoms with Gasteiger partial charge in [-0.2, -0.15) is 0 Å². The molecule has 0 bridgehead atoms. The van der Waals surface area contributed by atoms with Gasteiger partial charge >= 0.3 is 0 Å². The number of hydrogen-bond acceptors (Lipinski definition) is 3. The smallest absolute Gasteiger partial charge is 0.124 e. The number of benzene rings is 2. The lowest BCUT2D eigenvalue weighted by molar-refractivity contribution is 0.130. The Balaban J connectivity index is 2.17. The molecule has 112 valence electrons. The van der Waals surface area contributed by atoms with Gasteiger partial charge in [-0.1, -0.05) is 62.4 Å². The summed E-state index contributed by atoms with van der Waals surface area (Å²) in [6.07, 6.45) is 0. The third kappa shape index (κ3) is 3.84. The van der Waals surface area contributed by atoms with Gasteiger partial charge in [0.1, 0.15) is 12.4 Å². The second kappa shape index (κ2) is 6.74. The Morgan fingerprint density at radius 3 is 2.33 bits per heavy atom. The number of hydrogen-bond donors (Lipinski definition) is 2. The normalized spacial score (nSPS) is 13.0. The Bertz CT molecular complexity index is 566. The molecule has 0 aliphatic rings. The molecule has 3 nitrogen and oxygen atoms in total. The van der Waals surface area contributed by atoms with E-state index in [0.717, 1.165) is 16.9 Å². The number of aliphatic hydroxyl groups excluding tert-OH is 1. The second-order valence-corrected chi connectivity index (χ2v) is 5.94. The van der Waals surface area contributed by atoms with E-state index >= 15 is 0 Å². The summed E-state index contributed by atoms with van der Waals surface area (Å²) in [4.78, 5) is 0. The highest BCUT2D eigenvalue weighted by Crippen LogP contribution is 2.35. The molecule has 2 aromatic carbocycles. The quantitative estimate of drug-likeness (QED) is 0.856. The van der Waals surface area contributed by atoms with Gasteiger partial charge in [-0.15, -0.1) is 0 Å². The van der Waals surface area contributed by atoms with Gasteiger partial charge in [0.2, 0.25) is 0 Å². The third-order valence-electron chi connectivity index (χ3n) is 3.74. The summed E-state index contributed by atoms with van der Waals surface area (Å²) in [5.74, 6) is 0.773. The molecule has 0 radical (unpaired) electrons. The molecule has 0 saturated heterocycles. The van der Waals surface area contributed by atoms with Crippen LogP contribution in [0.25, 0.3) is 0 Å². The van der Waals surface area contributed by atoms with Gasteiger partial charge in [-0.05, 0) is 11.6 Å². The predicted molar refractivity (Wildman–Crippen MR) is 85.0 cm³/mol. The molecule has 0 unspecified atom stereocenters. The maximum absolute atomic E-state index is 9.50. The van der Waals surface area contributed by atoms with Crippen LogP contribution in [-0.4, -0.2) is 11.7 Å². The van der Waals surface area contributed by atoms with E-state index in [1.165, 1.54) is 0 Å². The van der Waals surface area contributed by atoms with Crippen molar-refractivity contribution in [2.45, 2.75) is 26.5 Å². The SMILES string of the molecule is CC(C)(CO)[C@H](N)c1ccccc1OCc1ccccc1. The Kier molecular flexibility index (Phi) is 4.99. The number of para-hydroxylation sites is 1. The zero-order chi connectivity index (χ0) is 15.3. The maximum Gasteiger partial charge on any atom is 0.124 e. The standard InChI is InChI=1S/C18H23NO2/c1-18(2,13-20)17(19)15-10-6-7-11-16(15)21-12-14-8-4-3-5-9-14/h3-11,17,20H,12-13,19H2,1-2H3/t17-/m1/s1. The molecule has 0 aliphatic heterocycles. The topological polar surface area (TPSA) is 55.5 Å². The van der Waals surface area contributed by atoms with E-state index in [4.69, 9.17) is 10.5 Å². The van der Waals surface area contributed by atoms with Gasteiger partial charge in [-0.3, -0.25) is 0 Å². The first-order chi connectivity index (χ1) is 10.0. The van der Waals surface area contributed by atoms with Crippen LogP contribution < -0.4 is 10.5 Å². The molecule has 3 N–H and O–H groups in total. The largest absolute Gasteiger partial charge is 0.489 e. The van der Waals surface area contributed by atoms with Crippen LogP contribution in [0.4, 0.5) is 0 Å². The third-order valence-corrected chi connectivity index (χ3v) is 3.74. The monoisotopic (exact) mass is 285 g/mol. The summed E-state index contributed by atoms with van der Waals surface area (Å²) >= 11 is 0. The molecule has 0 saturated carbocycles. The summed E-state index contributed by atoms with van der Waals surface area (Å²) < 4.78 is 5.92. The Morgan fingerprint density at radius 2 is 1.67 bits per heavy atom. The Hall–Kier alpha value is -1.84. The van der Waals surface area contributed by atoms with Crippen LogP contribution in [0.15, 0.2) is 54.6 Å². The molecule has 0 spiro atoms. The zero-order valence-electron chi connectivity index (χ0n) is 12.6. The van der Waals surface area contributed by atoms with Gasteiger partial charge in [-0.25, -0.2) is 0 Å². The van der Waals surface area contributed by atoms with Gasteiger partial charge in [0.15, 0.2) is 0 Å². The van der Waals surface area contributed by atoms with Gasteiger partial charge in [0.25, 0.3) is 0 Å². The van der Waals surface area contributed by atoms with Crippen molar-refractivity contribution in [1.82, 2.24) is 0 Å². The first-order valence-corrected chi connectivity index (χ1v) is 7.16. The first-order valence-electron chi connectivity index (χ1n) is 7.16. The maximum atomic E-state index is 9.50. The Labute approximate surface area is 126 Å². The van der Waals surface area contributed by atoms with Crippen molar-refractivity contribution in [2.75, 3.05) is 6.61 Å². The minimum atomic E-state index is -0.397. The summed E-state index contributed by atoms with van der Waals surface area (Å²) in [5.41, 5.74) is 7.95. The molecule has 3 heteroatoms. The fourth-order valence-electron chi connectivity index (χ4n) is 2.12. The van der Waals surface area contributed by atoms with Crippen LogP contribution in [0.1, 0.15) is 31.0 Å². The fourth-order valence-corrected chi connectivity index (χ4v) is 2.12. The van der Waals surface area contributed by atoms with E-state index in [1.54, 1.807) is 0 Å². The van der Waals surface area contributed by atoms with Crippen LogP contribution in [-0.2, 0) is 6.61 Å². The number of aliphatic hydroxyl groups is 1. The predicted octanol–water partition coefficient (Wildman–Crippen LogP) is 3.28. The van der Waals surface area contributed by atoms with E-state index in [0.29, 0.717) is 6.61 Å². The highest BCUT2D eigenvalue weighted by Gasteiger charge is 2.29. The summed E-state index contributed by atoms with van der Waals surface area (Å²) in [5, 5.41) is 9.50. The number of ether oxygens (including phenoxy) is 1. The van der Waals surface area contributed by atoms with Crippen LogP contribution in [0, 0.1) is 5.41 Å². The van der Waals surface area contributed by atoms with E-state index < -0.39 is 5.41 Å². The molecule has 2 aromatic rings. The Morgan fingerprint density at radius 1 is 1.05 bits per heavy atom. The summed E-state index contributed by atoms with van der Waals surface area (Å²) in [6.45, 7) is 4.43.